The van der Waals surface area contributed by atoms with Gasteiger partial charge in [0.1, 0.15) is 0 Å². The lowest BCUT2D eigenvalue weighted by Crippen LogP contribution is -2.06. The lowest BCUT2D eigenvalue weighted by molar-refractivity contribution is 0.0719. The van der Waals surface area contributed by atoms with E-state index in [1.54, 1.807) is 0 Å². The molecule has 0 N–H and O–H groups in total. The molecule has 0 aromatic heterocycles. The topological polar surface area (TPSA) is 35.5 Å². The highest BCUT2D eigenvalue weighted by Gasteiger charge is 2.14. The molecule has 1 fully saturated rings. The molecule has 2 rings (SSSR count). The molecule has 110 valence electrons. The van der Waals surface area contributed by atoms with E-state index in [0.717, 1.165) is 18.8 Å². The molecule has 0 radical (unpaired) electrons. The highest BCUT2D eigenvalue weighted by atomic mass is 16.7. The summed E-state index contributed by atoms with van der Waals surface area (Å²) >= 11 is 0. The van der Waals surface area contributed by atoms with E-state index in [2.05, 4.69) is 29.0 Å². The predicted octanol–water partition coefficient (Wildman–Crippen LogP) is 4.45. The second kappa shape index (κ2) is 7.93. The van der Waals surface area contributed by atoms with Gasteiger partial charge in [-0.25, -0.2) is 4.79 Å². The monoisotopic (exact) mass is 276 g/mol. The molecule has 0 saturated heterocycles. The second-order valence-electron chi connectivity index (χ2n) is 5.48. The van der Waals surface area contributed by atoms with Gasteiger partial charge in [-0.1, -0.05) is 43.5 Å². The van der Waals surface area contributed by atoms with E-state index in [1.807, 2.05) is 0 Å². The molecule has 1 aliphatic carbocycles. The number of carbonyl (C=O) groups is 1. The fourth-order valence-electron chi connectivity index (χ4n) is 2.88. The van der Waals surface area contributed by atoms with Crippen LogP contribution >= 0.6 is 0 Å². The Hall–Kier alpha value is -1.51. The number of hydrogen-bond acceptors (Lipinski definition) is 3. The first-order valence-electron chi connectivity index (χ1n) is 7.59. The third kappa shape index (κ3) is 4.55. The van der Waals surface area contributed by atoms with Gasteiger partial charge >= 0.3 is 6.16 Å². The Balaban J connectivity index is 1.75. The third-order valence-corrected chi connectivity index (χ3v) is 4.05. The summed E-state index contributed by atoms with van der Waals surface area (Å²) in [6.07, 6.45) is 7.99. The first-order chi connectivity index (χ1) is 9.79. The molecule has 1 saturated carbocycles. The molecule has 0 unspecified atom stereocenters. The summed E-state index contributed by atoms with van der Waals surface area (Å²) in [6, 6.07) is 8.96. The summed E-state index contributed by atoms with van der Waals surface area (Å²) in [4.78, 5) is 10.8. The largest absolute Gasteiger partial charge is 0.507 e. The SMILES string of the molecule is COC(=O)OCCCc1ccc(C2CCCCC2)cc1. The van der Waals surface area contributed by atoms with E-state index < -0.39 is 6.16 Å². The molecule has 1 aromatic rings. The molecule has 0 amide bonds. The Morgan fingerprint density at radius 2 is 1.85 bits per heavy atom. The van der Waals surface area contributed by atoms with E-state index in [1.165, 1.54) is 50.3 Å². The molecule has 3 heteroatoms. The van der Waals surface area contributed by atoms with Gasteiger partial charge in [0.25, 0.3) is 0 Å². The van der Waals surface area contributed by atoms with Gasteiger partial charge in [-0.2, -0.15) is 0 Å². The smallest absolute Gasteiger partial charge is 0.438 e. The molecule has 1 aliphatic rings. The predicted molar refractivity (Wildman–Crippen MR) is 78.9 cm³/mol. The Morgan fingerprint density at radius 1 is 1.15 bits per heavy atom. The van der Waals surface area contributed by atoms with Crippen LogP contribution in [0.25, 0.3) is 0 Å². The van der Waals surface area contributed by atoms with Crippen molar-refractivity contribution in [2.75, 3.05) is 13.7 Å². The number of rotatable bonds is 5. The van der Waals surface area contributed by atoms with Crippen LogP contribution in [0.2, 0.25) is 0 Å². The number of methoxy groups -OCH3 is 1. The van der Waals surface area contributed by atoms with Gasteiger partial charge in [-0.3, -0.25) is 0 Å². The van der Waals surface area contributed by atoms with Crippen molar-refractivity contribution >= 4 is 6.16 Å². The van der Waals surface area contributed by atoms with Crippen molar-refractivity contribution in [3.8, 4) is 0 Å². The van der Waals surface area contributed by atoms with Gasteiger partial charge in [0.05, 0.1) is 13.7 Å². The van der Waals surface area contributed by atoms with Crippen molar-refractivity contribution in [2.45, 2.75) is 50.9 Å². The van der Waals surface area contributed by atoms with Gasteiger partial charge < -0.3 is 9.47 Å². The summed E-state index contributed by atoms with van der Waals surface area (Å²) in [5.74, 6) is 0.764. The van der Waals surface area contributed by atoms with Crippen molar-refractivity contribution in [3.05, 3.63) is 35.4 Å². The molecule has 0 atom stereocenters. The third-order valence-electron chi connectivity index (χ3n) is 4.05. The van der Waals surface area contributed by atoms with Crippen LogP contribution in [0.3, 0.4) is 0 Å². The average Bonchev–Trinajstić information content (AvgIpc) is 2.52. The van der Waals surface area contributed by atoms with Crippen LogP contribution in [0, 0.1) is 0 Å². The summed E-state index contributed by atoms with van der Waals surface area (Å²) in [6.45, 7) is 0.414. The minimum absolute atomic E-state index is 0.414. The van der Waals surface area contributed by atoms with Crippen molar-refractivity contribution in [1.29, 1.82) is 0 Å². The van der Waals surface area contributed by atoms with Crippen LogP contribution in [-0.2, 0) is 15.9 Å². The maximum atomic E-state index is 10.8. The summed E-state index contributed by atoms with van der Waals surface area (Å²) in [5.41, 5.74) is 2.79. The van der Waals surface area contributed by atoms with Crippen LogP contribution in [0.15, 0.2) is 24.3 Å². The fourth-order valence-corrected chi connectivity index (χ4v) is 2.88. The second-order valence-corrected chi connectivity index (χ2v) is 5.48. The number of aryl methyl sites for hydroxylation is 1. The fraction of sp³-hybridized carbons (Fsp3) is 0.588. The molecular weight excluding hydrogens is 252 g/mol. The Labute approximate surface area is 121 Å². The highest BCUT2D eigenvalue weighted by Crippen LogP contribution is 2.32. The van der Waals surface area contributed by atoms with Crippen LogP contribution in [0.1, 0.15) is 55.6 Å². The normalized spacial score (nSPS) is 15.8. The lowest BCUT2D eigenvalue weighted by atomic mass is 9.84. The lowest BCUT2D eigenvalue weighted by Gasteiger charge is -2.22. The van der Waals surface area contributed by atoms with E-state index in [9.17, 15) is 4.79 Å². The Bertz CT molecular complexity index is 405. The van der Waals surface area contributed by atoms with Crippen LogP contribution in [0.4, 0.5) is 4.79 Å². The molecule has 20 heavy (non-hydrogen) atoms. The molecule has 0 bridgehead atoms. The molecule has 0 aliphatic heterocycles. The minimum Gasteiger partial charge on any atom is -0.438 e. The molecular formula is C17H24O3. The maximum Gasteiger partial charge on any atom is 0.507 e. The van der Waals surface area contributed by atoms with Gasteiger partial charge in [-0.05, 0) is 42.7 Å². The van der Waals surface area contributed by atoms with Crippen LogP contribution < -0.4 is 0 Å². The van der Waals surface area contributed by atoms with Crippen molar-refractivity contribution in [1.82, 2.24) is 0 Å². The summed E-state index contributed by atoms with van der Waals surface area (Å²) < 4.78 is 9.29. The average molecular weight is 276 g/mol. The first kappa shape index (κ1) is 14.9. The maximum absolute atomic E-state index is 10.8. The summed E-state index contributed by atoms with van der Waals surface area (Å²) in [5, 5.41) is 0. The number of hydrogen-bond donors (Lipinski definition) is 0. The standard InChI is InChI=1S/C17H24O3/c1-19-17(18)20-13-5-6-14-9-11-16(12-10-14)15-7-3-2-4-8-15/h9-12,15H,2-8,13H2,1H3. The van der Waals surface area contributed by atoms with E-state index in [0.29, 0.717) is 6.61 Å². The zero-order valence-corrected chi connectivity index (χ0v) is 12.3. The molecule has 3 nitrogen and oxygen atoms in total. The van der Waals surface area contributed by atoms with Gasteiger partial charge in [-0.15, -0.1) is 0 Å². The first-order valence-corrected chi connectivity index (χ1v) is 7.59. The van der Waals surface area contributed by atoms with Gasteiger partial charge in [0, 0.05) is 0 Å². The van der Waals surface area contributed by atoms with E-state index >= 15 is 0 Å². The minimum atomic E-state index is -0.599. The van der Waals surface area contributed by atoms with E-state index in [4.69, 9.17) is 4.74 Å². The van der Waals surface area contributed by atoms with Crippen molar-refractivity contribution in [2.24, 2.45) is 0 Å². The molecule has 0 spiro atoms. The zero-order chi connectivity index (χ0) is 14.2. The summed E-state index contributed by atoms with van der Waals surface area (Å²) in [7, 11) is 1.33. The number of ether oxygens (including phenoxy) is 2. The quantitative estimate of drug-likeness (QED) is 0.588. The van der Waals surface area contributed by atoms with Gasteiger partial charge in [0.2, 0.25) is 0 Å². The Morgan fingerprint density at radius 3 is 2.50 bits per heavy atom. The Kier molecular flexibility index (Phi) is 5.90. The van der Waals surface area contributed by atoms with Crippen molar-refractivity contribution < 1.29 is 14.3 Å². The molecule has 0 heterocycles. The van der Waals surface area contributed by atoms with Gasteiger partial charge in [0.15, 0.2) is 0 Å². The number of carbonyl (C=O) groups excluding carboxylic acids is 1. The van der Waals surface area contributed by atoms with E-state index in [-0.39, 0.29) is 0 Å². The van der Waals surface area contributed by atoms with Crippen molar-refractivity contribution in [3.63, 3.8) is 0 Å². The zero-order valence-electron chi connectivity index (χ0n) is 12.3. The van der Waals surface area contributed by atoms with Crippen LogP contribution in [-0.4, -0.2) is 19.9 Å². The highest BCUT2D eigenvalue weighted by molar-refractivity contribution is 5.59. The van der Waals surface area contributed by atoms with Crippen LogP contribution in [0.5, 0.6) is 0 Å². The number of benzene rings is 1. The molecule has 1 aromatic carbocycles.